The number of aliphatic hydroxyl groups is 1. The van der Waals surface area contributed by atoms with Crippen LogP contribution in [0.3, 0.4) is 0 Å². The van der Waals surface area contributed by atoms with Gasteiger partial charge in [-0.2, -0.15) is 0 Å². The molecule has 1 atom stereocenters. The van der Waals surface area contributed by atoms with Gasteiger partial charge >= 0.3 is 0 Å². The SMILES string of the molecule is CCC(O)c1cccc(S(=O)(=O)NC(CC)(CC)CC)c1. The van der Waals surface area contributed by atoms with Crippen molar-refractivity contribution in [3.05, 3.63) is 29.8 Å². The Bertz CT molecular complexity index is 542. The van der Waals surface area contributed by atoms with Gasteiger partial charge < -0.3 is 5.11 Å². The first kappa shape index (κ1) is 18.1. The lowest BCUT2D eigenvalue weighted by Gasteiger charge is -2.31. The van der Waals surface area contributed by atoms with Crippen LogP contribution in [0.2, 0.25) is 0 Å². The first-order valence-corrected chi connectivity index (χ1v) is 9.14. The maximum atomic E-state index is 12.6. The molecule has 1 rings (SSSR count). The first-order valence-electron chi connectivity index (χ1n) is 7.66. The Morgan fingerprint density at radius 1 is 1.14 bits per heavy atom. The monoisotopic (exact) mass is 313 g/mol. The number of hydrogen-bond acceptors (Lipinski definition) is 3. The number of benzene rings is 1. The Balaban J connectivity index is 3.14. The second kappa shape index (κ2) is 7.38. The lowest BCUT2D eigenvalue weighted by atomic mass is 9.91. The molecule has 0 radical (unpaired) electrons. The van der Waals surface area contributed by atoms with Crippen molar-refractivity contribution >= 4 is 10.0 Å². The van der Waals surface area contributed by atoms with Gasteiger partial charge in [0.2, 0.25) is 10.0 Å². The smallest absolute Gasteiger partial charge is 0.241 e. The summed E-state index contributed by atoms with van der Waals surface area (Å²) in [5.74, 6) is 0. The summed E-state index contributed by atoms with van der Waals surface area (Å²) < 4.78 is 28.0. The van der Waals surface area contributed by atoms with E-state index < -0.39 is 21.7 Å². The van der Waals surface area contributed by atoms with Gasteiger partial charge in [-0.05, 0) is 43.4 Å². The topological polar surface area (TPSA) is 66.4 Å². The second-order valence-corrected chi connectivity index (χ2v) is 7.13. The van der Waals surface area contributed by atoms with Gasteiger partial charge in [0.05, 0.1) is 11.0 Å². The Hall–Kier alpha value is -0.910. The molecule has 0 bridgehead atoms. The summed E-state index contributed by atoms with van der Waals surface area (Å²) in [4.78, 5) is 0.215. The van der Waals surface area contributed by atoms with Crippen molar-refractivity contribution in [2.45, 2.75) is 69.9 Å². The molecular formula is C16H27NO3S. The minimum Gasteiger partial charge on any atom is -0.388 e. The van der Waals surface area contributed by atoms with Gasteiger partial charge in [0, 0.05) is 5.54 Å². The predicted molar refractivity (Wildman–Crippen MR) is 85.6 cm³/mol. The minimum absolute atomic E-state index is 0.215. The van der Waals surface area contributed by atoms with E-state index in [9.17, 15) is 13.5 Å². The molecule has 0 saturated heterocycles. The molecule has 0 amide bonds. The van der Waals surface area contributed by atoms with E-state index in [2.05, 4.69) is 4.72 Å². The molecule has 4 nitrogen and oxygen atoms in total. The largest absolute Gasteiger partial charge is 0.388 e. The third-order valence-electron chi connectivity index (χ3n) is 4.32. The number of rotatable bonds is 8. The van der Waals surface area contributed by atoms with E-state index in [0.717, 1.165) is 19.3 Å². The molecule has 5 heteroatoms. The minimum atomic E-state index is -3.58. The molecule has 0 heterocycles. The van der Waals surface area contributed by atoms with Crippen molar-refractivity contribution < 1.29 is 13.5 Å². The van der Waals surface area contributed by atoms with Crippen LogP contribution in [0.4, 0.5) is 0 Å². The quantitative estimate of drug-likeness (QED) is 0.773. The van der Waals surface area contributed by atoms with E-state index >= 15 is 0 Å². The summed E-state index contributed by atoms with van der Waals surface area (Å²) in [6, 6.07) is 6.55. The summed E-state index contributed by atoms with van der Waals surface area (Å²) in [6.45, 7) is 7.84. The summed E-state index contributed by atoms with van der Waals surface area (Å²) in [7, 11) is -3.58. The average Bonchev–Trinajstić information content (AvgIpc) is 2.52. The van der Waals surface area contributed by atoms with E-state index in [4.69, 9.17) is 0 Å². The Morgan fingerprint density at radius 2 is 1.71 bits per heavy atom. The van der Waals surface area contributed by atoms with Crippen molar-refractivity contribution in [3.8, 4) is 0 Å². The molecule has 1 aromatic carbocycles. The number of aliphatic hydroxyl groups excluding tert-OH is 1. The van der Waals surface area contributed by atoms with Gasteiger partial charge in [-0.25, -0.2) is 13.1 Å². The first-order chi connectivity index (χ1) is 9.84. The molecule has 1 unspecified atom stereocenters. The zero-order valence-electron chi connectivity index (χ0n) is 13.4. The summed E-state index contributed by atoms with van der Waals surface area (Å²) >= 11 is 0. The predicted octanol–water partition coefficient (Wildman–Crippen LogP) is 3.38. The fraction of sp³-hybridized carbons (Fsp3) is 0.625. The summed E-state index contributed by atoms with van der Waals surface area (Å²) in [5.41, 5.74) is 0.230. The normalized spacial score (nSPS) is 14.1. The van der Waals surface area contributed by atoms with Crippen LogP contribution in [0.15, 0.2) is 29.2 Å². The third kappa shape index (κ3) is 4.28. The van der Waals surface area contributed by atoms with Gasteiger partial charge in [-0.3, -0.25) is 0 Å². The highest BCUT2D eigenvalue weighted by molar-refractivity contribution is 7.89. The van der Waals surface area contributed by atoms with Crippen LogP contribution in [0.25, 0.3) is 0 Å². The lowest BCUT2D eigenvalue weighted by molar-refractivity contribution is 0.173. The molecule has 0 fully saturated rings. The highest BCUT2D eigenvalue weighted by Gasteiger charge is 2.30. The van der Waals surface area contributed by atoms with Crippen molar-refractivity contribution in [1.82, 2.24) is 4.72 Å². The lowest BCUT2D eigenvalue weighted by Crippen LogP contribution is -2.46. The summed E-state index contributed by atoms with van der Waals surface area (Å²) in [6.07, 6.45) is 2.16. The van der Waals surface area contributed by atoms with E-state index in [1.165, 1.54) is 0 Å². The fourth-order valence-electron chi connectivity index (χ4n) is 2.44. The molecule has 21 heavy (non-hydrogen) atoms. The Labute approximate surface area is 128 Å². The van der Waals surface area contributed by atoms with Crippen molar-refractivity contribution in [3.63, 3.8) is 0 Å². The highest BCUT2D eigenvalue weighted by atomic mass is 32.2. The van der Waals surface area contributed by atoms with Crippen molar-refractivity contribution in [2.75, 3.05) is 0 Å². The number of sulfonamides is 1. The molecule has 0 saturated carbocycles. The summed E-state index contributed by atoms with van der Waals surface area (Å²) in [5, 5.41) is 9.88. The van der Waals surface area contributed by atoms with Crippen LogP contribution in [0.1, 0.15) is 65.0 Å². The van der Waals surface area contributed by atoms with Gasteiger partial charge in [0.15, 0.2) is 0 Å². The molecular weight excluding hydrogens is 286 g/mol. The molecule has 1 aromatic rings. The van der Waals surface area contributed by atoms with Crippen molar-refractivity contribution in [2.24, 2.45) is 0 Å². The van der Waals surface area contributed by atoms with Crippen LogP contribution >= 0.6 is 0 Å². The van der Waals surface area contributed by atoms with Gasteiger partial charge in [0.25, 0.3) is 0 Å². The zero-order valence-corrected chi connectivity index (χ0v) is 14.2. The number of nitrogens with one attached hydrogen (secondary N) is 1. The highest BCUT2D eigenvalue weighted by Crippen LogP contribution is 2.25. The van der Waals surface area contributed by atoms with Crippen LogP contribution in [-0.2, 0) is 10.0 Å². The Morgan fingerprint density at radius 3 is 2.19 bits per heavy atom. The maximum absolute atomic E-state index is 12.6. The second-order valence-electron chi connectivity index (χ2n) is 5.44. The van der Waals surface area contributed by atoms with Crippen LogP contribution in [-0.4, -0.2) is 19.1 Å². The van der Waals surface area contributed by atoms with Gasteiger partial charge in [0.1, 0.15) is 0 Å². The molecule has 0 aromatic heterocycles. The Kier molecular flexibility index (Phi) is 6.38. The standard InChI is InChI=1S/C16H27NO3S/c1-5-15(18)13-10-9-11-14(12-13)21(19,20)17-16(6-2,7-3)8-4/h9-12,15,17-18H,5-8H2,1-4H3. The molecule has 120 valence electrons. The molecule has 0 aliphatic heterocycles. The van der Waals surface area contributed by atoms with E-state index in [1.807, 2.05) is 27.7 Å². The van der Waals surface area contributed by atoms with Gasteiger partial charge in [-0.1, -0.05) is 39.8 Å². The van der Waals surface area contributed by atoms with Crippen LogP contribution in [0, 0.1) is 0 Å². The zero-order chi connectivity index (χ0) is 16.1. The number of hydrogen-bond donors (Lipinski definition) is 2. The van der Waals surface area contributed by atoms with E-state index in [0.29, 0.717) is 12.0 Å². The molecule has 0 aliphatic carbocycles. The maximum Gasteiger partial charge on any atom is 0.241 e. The molecule has 0 aliphatic rings. The van der Waals surface area contributed by atoms with Crippen molar-refractivity contribution in [1.29, 1.82) is 0 Å². The van der Waals surface area contributed by atoms with E-state index in [1.54, 1.807) is 24.3 Å². The van der Waals surface area contributed by atoms with Gasteiger partial charge in [-0.15, -0.1) is 0 Å². The van der Waals surface area contributed by atoms with E-state index in [-0.39, 0.29) is 4.90 Å². The van der Waals surface area contributed by atoms with Crippen LogP contribution < -0.4 is 4.72 Å². The fourth-order valence-corrected chi connectivity index (χ4v) is 4.11. The average molecular weight is 313 g/mol. The third-order valence-corrected chi connectivity index (χ3v) is 5.90. The molecule has 2 N–H and O–H groups in total. The van der Waals surface area contributed by atoms with Crippen LogP contribution in [0.5, 0.6) is 0 Å². The molecule has 0 spiro atoms.